The van der Waals surface area contributed by atoms with Gasteiger partial charge in [0.05, 0.1) is 0 Å². The van der Waals surface area contributed by atoms with Crippen LogP contribution < -0.4 is 34.9 Å². The fourth-order valence-electron chi connectivity index (χ4n) is 2.32. The summed E-state index contributed by atoms with van der Waals surface area (Å²) in [4.78, 5) is 0. The average molecular weight is 265 g/mol. The fraction of sp³-hybridized carbons (Fsp3) is 1.00. The van der Waals surface area contributed by atoms with E-state index in [2.05, 4.69) is 12.2 Å². The third-order valence-electron chi connectivity index (χ3n) is 3.53. The molecule has 0 aliphatic carbocycles. The number of hydrogen-bond donors (Lipinski definition) is 1. The van der Waals surface area contributed by atoms with Gasteiger partial charge in [-0.1, -0.05) is 84.0 Å². The van der Waals surface area contributed by atoms with Crippen LogP contribution in [0.2, 0.25) is 0 Å². The van der Waals surface area contributed by atoms with Gasteiger partial charge in [-0.05, 0) is 20.0 Å². The predicted molar refractivity (Wildman–Crippen MR) is 80.7 cm³/mol. The van der Waals surface area contributed by atoms with Crippen LogP contribution in [0.3, 0.4) is 0 Å². The first-order valence-electron chi connectivity index (χ1n) is 8.06. The van der Waals surface area contributed by atoms with Gasteiger partial charge in [-0.2, -0.15) is 0 Å². The van der Waals surface area contributed by atoms with Crippen molar-refractivity contribution in [3.05, 3.63) is 0 Å². The molecule has 0 aromatic carbocycles. The molecule has 0 saturated heterocycles. The van der Waals surface area contributed by atoms with Crippen LogP contribution in [0.4, 0.5) is 0 Å². The van der Waals surface area contributed by atoms with Gasteiger partial charge in [0.15, 0.2) is 0 Å². The Morgan fingerprint density at radius 1 is 0.611 bits per heavy atom. The van der Waals surface area contributed by atoms with Gasteiger partial charge in [0.25, 0.3) is 0 Å². The van der Waals surface area contributed by atoms with E-state index in [1.807, 2.05) is 7.05 Å². The van der Waals surface area contributed by atoms with Gasteiger partial charge < -0.3 is 6.74 Å². The molecule has 0 aromatic rings. The van der Waals surface area contributed by atoms with Crippen molar-refractivity contribution in [2.45, 2.75) is 90.4 Å². The molecule has 0 fully saturated rings. The number of hydrogen-bond acceptors (Lipinski definition) is 1. The summed E-state index contributed by atoms with van der Waals surface area (Å²) in [5.74, 6) is 0. The van der Waals surface area contributed by atoms with E-state index < -0.39 is 0 Å². The molecule has 106 valence electrons. The summed E-state index contributed by atoms with van der Waals surface area (Å²) in [6.07, 6.45) is 18.8. The Morgan fingerprint density at radius 2 is 0.944 bits per heavy atom. The van der Waals surface area contributed by atoms with Crippen LogP contribution in [-0.4, -0.2) is 13.6 Å². The van der Waals surface area contributed by atoms with Gasteiger partial charge in [-0.15, -0.1) is 0 Å². The molecule has 0 radical (unpaired) electrons. The second-order valence-corrected chi connectivity index (χ2v) is 5.35. The van der Waals surface area contributed by atoms with Crippen LogP contribution in [0.1, 0.15) is 91.8 Å². The summed E-state index contributed by atoms with van der Waals surface area (Å²) in [6, 6.07) is 0. The molecule has 0 aromatic heterocycles. The first kappa shape index (κ1) is 21.3. The van der Waals surface area contributed by atoms with Crippen LogP contribution >= 0.6 is 0 Å². The number of rotatable bonds is 14. The van der Waals surface area contributed by atoms with Crippen LogP contribution in [-0.2, 0) is 0 Å². The maximum Gasteiger partial charge on any atom is 1.00 e. The number of nitrogens with one attached hydrogen (secondary N) is 1. The molecule has 0 spiro atoms. The third-order valence-corrected chi connectivity index (χ3v) is 3.53. The van der Waals surface area contributed by atoms with Crippen molar-refractivity contribution in [1.29, 1.82) is 0 Å². The minimum atomic E-state index is 0. The topological polar surface area (TPSA) is 12.0 Å². The molecule has 0 bridgehead atoms. The summed E-state index contributed by atoms with van der Waals surface area (Å²) in [5.41, 5.74) is 0. The van der Waals surface area contributed by atoms with Gasteiger partial charge in [0.1, 0.15) is 0 Å². The van der Waals surface area contributed by atoms with Gasteiger partial charge in [-0.3, -0.25) is 0 Å². The van der Waals surface area contributed by atoms with Crippen LogP contribution in [0, 0.1) is 0 Å². The molecular formula is C16H36NNa. The minimum absolute atomic E-state index is 0. The molecule has 0 rings (SSSR count). The van der Waals surface area contributed by atoms with Crippen molar-refractivity contribution in [3.8, 4) is 0 Å². The summed E-state index contributed by atoms with van der Waals surface area (Å²) in [7, 11) is 2.04. The van der Waals surface area contributed by atoms with E-state index in [0.29, 0.717) is 0 Å². The van der Waals surface area contributed by atoms with E-state index >= 15 is 0 Å². The van der Waals surface area contributed by atoms with Crippen molar-refractivity contribution in [1.82, 2.24) is 5.32 Å². The summed E-state index contributed by atoms with van der Waals surface area (Å²) in [6.45, 7) is 3.48. The largest absolute Gasteiger partial charge is 1.00 e. The van der Waals surface area contributed by atoms with E-state index in [0.717, 1.165) is 0 Å². The molecule has 0 atom stereocenters. The fourth-order valence-corrected chi connectivity index (χ4v) is 2.32. The Balaban J connectivity index is -0.00000128. The minimum Gasteiger partial charge on any atom is -1.00 e. The second-order valence-electron chi connectivity index (χ2n) is 5.35. The summed E-state index contributed by atoms with van der Waals surface area (Å²) in [5, 5.41) is 3.21. The Hall–Kier alpha value is 0.960. The summed E-state index contributed by atoms with van der Waals surface area (Å²) < 4.78 is 0. The van der Waals surface area contributed by atoms with Crippen molar-refractivity contribution < 1.29 is 31.0 Å². The molecular weight excluding hydrogens is 229 g/mol. The van der Waals surface area contributed by atoms with Crippen molar-refractivity contribution in [2.24, 2.45) is 0 Å². The average Bonchev–Trinajstić information content (AvgIpc) is 2.35. The Bertz CT molecular complexity index is 120. The van der Waals surface area contributed by atoms with E-state index in [1.165, 1.54) is 90.0 Å². The second kappa shape index (κ2) is 20.3. The van der Waals surface area contributed by atoms with Gasteiger partial charge in [0.2, 0.25) is 0 Å². The molecule has 1 N–H and O–H groups in total. The third kappa shape index (κ3) is 19.3. The quantitative estimate of drug-likeness (QED) is 0.376. The van der Waals surface area contributed by atoms with E-state index in [1.54, 1.807) is 0 Å². The SMILES string of the molecule is CCCCCCCCCCCCCCCNC.[H-].[Na+]. The van der Waals surface area contributed by atoms with Gasteiger partial charge in [-0.25, -0.2) is 0 Å². The Kier molecular flexibility index (Phi) is 24.0. The predicted octanol–water partition coefficient (Wildman–Crippen LogP) is 2.41. The van der Waals surface area contributed by atoms with E-state index in [4.69, 9.17) is 0 Å². The Labute approximate surface area is 140 Å². The van der Waals surface area contributed by atoms with Crippen molar-refractivity contribution in [3.63, 3.8) is 0 Å². The molecule has 0 saturated carbocycles. The Morgan fingerprint density at radius 3 is 1.28 bits per heavy atom. The zero-order valence-corrected chi connectivity index (χ0v) is 15.4. The van der Waals surface area contributed by atoms with Gasteiger partial charge in [0, 0.05) is 0 Å². The van der Waals surface area contributed by atoms with E-state index in [9.17, 15) is 0 Å². The van der Waals surface area contributed by atoms with Crippen molar-refractivity contribution >= 4 is 0 Å². The van der Waals surface area contributed by atoms with E-state index in [-0.39, 0.29) is 31.0 Å². The normalized spacial score (nSPS) is 10.3. The molecule has 18 heavy (non-hydrogen) atoms. The maximum absolute atomic E-state index is 3.21. The van der Waals surface area contributed by atoms with Gasteiger partial charge >= 0.3 is 29.6 Å². The maximum atomic E-state index is 3.21. The molecule has 0 aliphatic heterocycles. The zero-order chi connectivity index (χ0) is 12.6. The van der Waals surface area contributed by atoms with Crippen LogP contribution in [0.25, 0.3) is 0 Å². The monoisotopic (exact) mass is 265 g/mol. The molecule has 0 heterocycles. The molecule has 2 heteroatoms. The summed E-state index contributed by atoms with van der Waals surface area (Å²) >= 11 is 0. The molecule has 0 amide bonds. The molecule has 1 nitrogen and oxygen atoms in total. The first-order valence-corrected chi connectivity index (χ1v) is 8.06. The van der Waals surface area contributed by atoms with Crippen LogP contribution in [0.5, 0.6) is 0 Å². The molecule has 0 aliphatic rings. The zero-order valence-electron chi connectivity index (χ0n) is 14.4. The van der Waals surface area contributed by atoms with Crippen molar-refractivity contribution in [2.75, 3.05) is 13.6 Å². The van der Waals surface area contributed by atoms with Crippen LogP contribution in [0.15, 0.2) is 0 Å². The first-order chi connectivity index (χ1) is 8.41. The molecule has 0 unspecified atom stereocenters. The smallest absolute Gasteiger partial charge is 1.00 e. The number of unbranched alkanes of at least 4 members (excludes halogenated alkanes) is 12. The standard InChI is InChI=1S/C16H35N.Na.H/c1-3-4-5-6-7-8-9-10-11-12-13-14-15-16-17-2;;/h17H,3-16H2,1-2H3;;/q;+1;-1.